The average molecular weight is 322 g/mol. The molecule has 3 rings (SSSR count). The molecule has 3 heterocycles. The number of hydrogen-bond donors (Lipinski definition) is 1. The Bertz CT molecular complexity index is 751. The Balaban J connectivity index is 1.91. The third kappa shape index (κ3) is 2.29. The second-order valence-electron chi connectivity index (χ2n) is 4.36. The summed E-state index contributed by atoms with van der Waals surface area (Å²) in [5, 5.41) is 12.5. The molecule has 21 heavy (non-hydrogen) atoms. The largest absolute Gasteiger partial charge is 0.451 e. The molecule has 0 saturated carbocycles. The van der Waals surface area contributed by atoms with Crippen LogP contribution in [0.1, 0.15) is 11.6 Å². The van der Waals surface area contributed by atoms with Gasteiger partial charge in [0, 0.05) is 19.3 Å². The summed E-state index contributed by atoms with van der Waals surface area (Å²) in [5.74, 6) is -1.15. The van der Waals surface area contributed by atoms with Crippen LogP contribution in [0.3, 0.4) is 0 Å². The zero-order chi connectivity index (χ0) is 15.3. The maximum Gasteiger partial charge on any atom is 0.451 e. The Labute approximate surface area is 116 Å². The number of H-pyrrole nitrogens is 1. The fourth-order valence-electron chi connectivity index (χ4n) is 2.08. The van der Waals surface area contributed by atoms with E-state index in [1.807, 2.05) is 0 Å². The maximum absolute atomic E-state index is 12.7. The van der Waals surface area contributed by atoms with Crippen LogP contribution in [0.4, 0.5) is 13.2 Å². The predicted molar refractivity (Wildman–Crippen MR) is 61.2 cm³/mol. The SMILES string of the molecule is O=S(=O)(c1cn[nH]c1)N1CCn2c(nnc2C(F)(F)F)C1. The van der Waals surface area contributed by atoms with Crippen LogP contribution in [0.2, 0.25) is 0 Å². The third-order valence-corrected chi connectivity index (χ3v) is 4.89. The molecule has 0 spiro atoms. The minimum Gasteiger partial charge on any atom is -0.305 e. The lowest BCUT2D eigenvalue weighted by molar-refractivity contribution is -0.147. The molecule has 2 aromatic heterocycles. The van der Waals surface area contributed by atoms with Gasteiger partial charge in [0.05, 0.1) is 12.7 Å². The highest BCUT2D eigenvalue weighted by Gasteiger charge is 2.40. The van der Waals surface area contributed by atoms with E-state index in [-0.39, 0.29) is 30.4 Å². The van der Waals surface area contributed by atoms with Gasteiger partial charge in [-0.15, -0.1) is 10.2 Å². The maximum atomic E-state index is 12.7. The summed E-state index contributed by atoms with van der Waals surface area (Å²) in [6.45, 7) is -0.521. The molecule has 1 aliphatic heterocycles. The van der Waals surface area contributed by atoms with E-state index in [9.17, 15) is 21.6 Å². The highest BCUT2D eigenvalue weighted by Crippen LogP contribution is 2.30. The molecule has 0 radical (unpaired) electrons. The van der Waals surface area contributed by atoms with Crippen molar-refractivity contribution in [1.29, 1.82) is 0 Å². The highest BCUT2D eigenvalue weighted by atomic mass is 32.2. The molecule has 0 unspecified atom stereocenters. The van der Waals surface area contributed by atoms with Gasteiger partial charge in [0.1, 0.15) is 10.7 Å². The summed E-state index contributed by atoms with van der Waals surface area (Å²) in [7, 11) is -3.81. The minimum atomic E-state index is -4.61. The number of hydrogen-bond acceptors (Lipinski definition) is 5. The molecule has 0 aromatic carbocycles. The first-order valence-corrected chi connectivity index (χ1v) is 7.22. The number of alkyl halides is 3. The van der Waals surface area contributed by atoms with E-state index in [0.29, 0.717) is 0 Å². The van der Waals surface area contributed by atoms with Crippen LogP contribution >= 0.6 is 0 Å². The van der Waals surface area contributed by atoms with Crippen LogP contribution in [-0.2, 0) is 29.3 Å². The quantitative estimate of drug-likeness (QED) is 0.853. The Morgan fingerprint density at radius 2 is 2.00 bits per heavy atom. The minimum absolute atomic E-state index is 0.0411. The van der Waals surface area contributed by atoms with Gasteiger partial charge in [-0.05, 0) is 0 Å². The van der Waals surface area contributed by atoms with Crippen molar-refractivity contribution in [1.82, 2.24) is 29.3 Å². The van der Waals surface area contributed by atoms with Gasteiger partial charge in [-0.3, -0.25) is 5.10 Å². The summed E-state index contributed by atoms with van der Waals surface area (Å²) in [5.41, 5.74) is 0. The van der Waals surface area contributed by atoms with Gasteiger partial charge >= 0.3 is 6.18 Å². The number of nitrogens with zero attached hydrogens (tertiary/aromatic N) is 5. The van der Waals surface area contributed by atoms with Crippen molar-refractivity contribution in [3.05, 3.63) is 24.0 Å². The number of fused-ring (bicyclic) bond motifs is 1. The molecule has 0 amide bonds. The van der Waals surface area contributed by atoms with Crippen LogP contribution in [0.5, 0.6) is 0 Å². The fourth-order valence-corrected chi connectivity index (χ4v) is 3.37. The molecule has 1 N–H and O–H groups in total. The Morgan fingerprint density at radius 1 is 1.24 bits per heavy atom. The standard InChI is InChI=1S/C9H9F3N6O2S/c10-9(11,12)8-16-15-7-5-17(1-2-18(7)8)21(19,20)6-3-13-14-4-6/h3-4H,1-2,5H2,(H,13,14). The first-order chi connectivity index (χ1) is 9.80. The van der Waals surface area contributed by atoms with Gasteiger partial charge in [-0.25, -0.2) is 8.42 Å². The molecule has 114 valence electrons. The molecule has 0 fully saturated rings. The number of sulfonamides is 1. The molecule has 12 heteroatoms. The van der Waals surface area contributed by atoms with Gasteiger partial charge in [0.2, 0.25) is 15.8 Å². The molecular formula is C9H9F3N6O2S. The van der Waals surface area contributed by atoms with Crippen LogP contribution in [-0.4, -0.2) is 44.2 Å². The zero-order valence-electron chi connectivity index (χ0n) is 10.4. The number of halogens is 3. The second-order valence-corrected chi connectivity index (χ2v) is 6.30. The monoisotopic (exact) mass is 322 g/mol. The van der Waals surface area contributed by atoms with E-state index < -0.39 is 22.0 Å². The van der Waals surface area contributed by atoms with Crippen molar-refractivity contribution in [2.45, 2.75) is 24.2 Å². The van der Waals surface area contributed by atoms with Crippen LogP contribution < -0.4 is 0 Å². The molecule has 0 bridgehead atoms. The van der Waals surface area contributed by atoms with Crippen molar-refractivity contribution in [2.75, 3.05) is 6.54 Å². The summed E-state index contributed by atoms with van der Waals surface area (Å²) in [6.07, 6.45) is -2.28. The molecule has 0 atom stereocenters. The Kier molecular flexibility index (Phi) is 3.02. The number of nitrogens with one attached hydrogen (secondary N) is 1. The van der Waals surface area contributed by atoms with E-state index in [0.717, 1.165) is 15.1 Å². The summed E-state index contributed by atoms with van der Waals surface area (Å²) in [4.78, 5) is -0.0495. The van der Waals surface area contributed by atoms with Gasteiger partial charge in [-0.2, -0.15) is 22.6 Å². The van der Waals surface area contributed by atoms with Crippen LogP contribution in [0.15, 0.2) is 17.3 Å². The molecule has 1 aliphatic rings. The topological polar surface area (TPSA) is 96.8 Å². The van der Waals surface area contributed by atoms with Gasteiger partial charge in [0.25, 0.3) is 0 Å². The van der Waals surface area contributed by atoms with Gasteiger partial charge < -0.3 is 4.57 Å². The number of rotatable bonds is 2. The number of aromatic amines is 1. The lowest BCUT2D eigenvalue weighted by atomic mass is 10.4. The lowest BCUT2D eigenvalue weighted by Gasteiger charge is -2.26. The van der Waals surface area contributed by atoms with Crippen molar-refractivity contribution >= 4 is 10.0 Å². The molecule has 2 aromatic rings. The summed E-state index contributed by atoms with van der Waals surface area (Å²) in [6, 6.07) is 0. The average Bonchev–Trinajstić information content (AvgIpc) is 3.06. The van der Waals surface area contributed by atoms with E-state index in [4.69, 9.17) is 0 Å². The summed E-state index contributed by atoms with van der Waals surface area (Å²) < 4.78 is 64.5. The van der Waals surface area contributed by atoms with Crippen molar-refractivity contribution in [2.24, 2.45) is 0 Å². The van der Waals surface area contributed by atoms with E-state index >= 15 is 0 Å². The molecule has 0 saturated heterocycles. The van der Waals surface area contributed by atoms with Crippen LogP contribution in [0, 0.1) is 0 Å². The van der Waals surface area contributed by atoms with E-state index in [2.05, 4.69) is 20.4 Å². The van der Waals surface area contributed by atoms with Crippen molar-refractivity contribution < 1.29 is 21.6 Å². The van der Waals surface area contributed by atoms with Gasteiger partial charge in [0.15, 0.2) is 0 Å². The first-order valence-electron chi connectivity index (χ1n) is 5.78. The second kappa shape index (κ2) is 4.53. The van der Waals surface area contributed by atoms with E-state index in [1.165, 1.54) is 6.20 Å². The highest BCUT2D eigenvalue weighted by molar-refractivity contribution is 7.89. The first kappa shape index (κ1) is 14.0. The zero-order valence-corrected chi connectivity index (χ0v) is 11.2. The predicted octanol–water partition coefficient (Wildman–Crippen LogP) is 0.225. The number of aromatic nitrogens is 5. The van der Waals surface area contributed by atoms with Crippen molar-refractivity contribution in [3.63, 3.8) is 0 Å². The lowest BCUT2D eigenvalue weighted by Crippen LogP contribution is -2.39. The normalized spacial score (nSPS) is 16.9. The Hall–Kier alpha value is -1.95. The molecular weight excluding hydrogens is 313 g/mol. The third-order valence-electron chi connectivity index (χ3n) is 3.08. The smallest absolute Gasteiger partial charge is 0.305 e. The van der Waals surface area contributed by atoms with E-state index in [1.54, 1.807) is 0 Å². The van der Waals surface area contributed by atoms with Crippen molar-refractivity contribution in [3.8, 4) is 0 Å². The Morgan fingerprint density at radius 3 is 2.62 bits per heavy atom. The molecule has 0 aliphatic carbocycles. The van der Waals surface area contributed by atoms with Gasteiger partial charge in [-0.1, -0.05) is 0 Å². The molecule has 8 nitrogen and oxygen atoms in total. The fraction of sp³-hybridized carbons (Fsp3) is 0.444. The van der Waals surface area contributed by atoms with Crippen LogP contribution in [0.25, 0.3) is 0 Å². The summed E-state index contributed by atoms with van der Waals surface area (Å²) >= 11 is 0.